The van der Waals surface area contributed by atoms with Crippen LogP contribution in [0, 0.1) is 13.8 Å². The predicted molar refractivity (Wildman–Crippen MR) is 109 cm³/mol. The van der Waals surface area contributed by atoms with Crippen molar-refractivity contribution in [1.29, 1.82) is 0 Å². The second-order valence-electron chi connectivity index (χ2n) is 6.25. The lowest BCUT2D eigenvalue weighted by Crippen LogP contribution is -2.31. The first kappa shape index (κ1) is 20.5. The molecule has 0 unspecified atom stereocenters. The number of para-hydroxylation sites is 1. The molecule has 29 heavy (non-hydrogen) atoms. The van der Waals surface area contributed by atoms with Crippen molar-refractivity contribution in [1.82, 2.24) is 15.3 Å². The van der Waals surface area contributed by atoms with Gasteiger partial charge in [-0.25, -0.2) is 4.98 Å². The van der Waals surface area contributed by atoms with E-state index in [1.165, 1.54) is 11.3 Å². The summed E-state index contributed by atoms with van der Waals surface area (Å²) in [5, 5.41) is 3.06. The Bertz CT molecular complexity index is 1120. The molecule has 0 aliphatic carbocycles. The Labute approximate surface area is 170 Å². The number of rotatable bonds is 7. The molecule has 0 bridgehead atoms. The third-order valence-corrected chi connectivity index (χ3v) is 5.38. The molecule has 0 aliphatic rings. The maximum atomic E-state index is 12.3. The number of aromatic nitrogens is 2. The van der Waals surface area contributed by atoms with Crippen LogP contribution in [0.15, 0.2) is 29.1 Å². The summed E-state index contributed by atoms with van der Waals surface area (Å²) < 4.78 is 10.5. The molecule has 8 nitrogen and oxygen atoms in total. The highest BCUT2D eigenvalue weighted by atomic mass is 32.1. The van der Waals surface area contributed by atoms with E-state index in [-0.39, 0.29) is 24.5 Å². The first-order valence-electron chi connectivity index (χ1n) is 9.05. The number of thiophene rings is 1. The van der Waals surface area contributed by atoms with E-state index in [1.54, 1.807) is 24.3 Å². The van der Waals surface area contributed by atoms with Gasteiger partial charge in [-0.3, -0.25) is 14.4 Å². The van der Waals surface area contributed by atoms with Crippen molar-refractivity contribution in [3.63, 3.8) is 0 Å². The molecule has 0 saturated heterocycles. The highest BCUT2D eigenvalue weighted by Crippen LogP contribution is 2.25. The number of aryl methyl sites for hydroxylation is 2. The van der Waals surface area contributed by atoms with Gasteiger partial charge in [0.2, 0.25) is 0 Å². The first-order valence-corrected chi connectivity index (χ1v) is 9.87. The fraction of sp³-hybridized carbons (Fsp3) is 0.300. The van der Waals surface area contributed by atoms with Crippen molar-refractivity contribution in [2.75, 3.05) is 13.2 Å². The van der Waals surface area contributed by atoms with Gasteiger partial charge in [0, 0.05) is 4.88 Å². The minimum atomic E-state index is -0.645. The molecule has 1 amide bonds. The highest BCUT2D eigenvalue weighted by Gasteiger charge is 2.15. The Morgan fingerprint density at radius 3 is 2.76 bits per heavy atom. The van der Waals surface area contributed by atoms with Gasteiger partial charge in [0.15, 0.2) is 0 Å². The molecule has 2 heterocycles. The van der Waals surface area contributed by atoms with Crippen LogP contribution in [-0.2, 0) is 16.1 Å². The van der Waals surface area contributed by atoms with Crippen molar-refractivity contribution in [3.05, 3.63) is 56.4 Å². The molecule has 0 spiro atoms. The van der Waals surface area contributed by atoms with Crippen LogP contribution in [0.3, 0.4) is 0 Å². The van der Waals surface area contributed by atoms with E-state index in [0.29, 0.717) is 28.1 Å². The maximum absolute atomic E-state index is 12.3. The van der Waals surface area contributed by atoms with E-state index >= 15 is 0 Å². The second-order valence-corrected chi connectivity index (χ2v) is 7.45. The number of fused-ring (bicyclic) bond motifs is 1. The molecule has 0 saturated carbocycles. The van der Waals surface area contributed by atoms with Crippen LogP contribution in [0.1, 0.15) is 33.5 Å². The van der Waals surface area contributed by atoms with Crippen molar-refractivity contribution in [2.45, 2.75) is 27.4 Å². The number of aromatic amines is 1. The SMILES string of the molecule is CCOc1ccccc1C(=O)NCC(=O)OCc1nc2sc(C)c(C)c2c(=O)[nH]1. The van der Waals surface area contributed by atoms with E-state index < -0.39 is 11.9 Å². The number of carbonyl (C=O) groups excluding carboxylic acids is 2. The zero-order valence-corrected chi connectivity index (χ0v) is 17.1. The van der Waals surface area contributed by atoms with Crippen LogP contribution in [0.4, 0.5) is 0 Å². The van der Waals surface area contributed by atoms with Gasteiger partial charge in [0.25, 0.3) is 11.5 Å². The van der Waals surface area contributed by atoms with Gasteiger partial charge >= 0.3 is 5.97 Å². The number of ether oxygens (including phenoxy) is 2. The van der Waals surface area contributed by atoms with Gasteiger partial charge < -0.3 is 19.8 Å². The van der Waals surface area contributed by atoms with Gasteiger partial charge in [-0.05, 0) is 38.5 Å². The molecule has 0 fully saturated rings. The minimum Gasteiger partial charge on any atom is -0.493 e. The lowest BCUT2D eigenvalue weighted by atomic mass is 10.2. The molecule has 3 aromatic rings. The Kier molecular flexibility index (Phi) is 6.28. The largest absolute Gasteiger partial charge is 0.493 e. The third kappa shape index (κ3) is 4.62. The zero-order valence-electron chi connectivity index (χ0n) is 16.3. The number of hydrogen-bond donors (Lipinski definition) is 2. The Balaban J connectivity index is 1.59. The molecule has 0 atom stereocenters. The van der Waals surface area contributed by atoms with E-state index in [0.717, 1.165) is 10.4 Å². The van der Waals surface area contributed by atoms with Crippen LogP contribution < -0.4 is 15.6 Å². The topological polar surface area (TPSA) is 110 Å². The fourth-order valence-corrected chi connectivity index (χ4v) is 3.80. The van der Waals surface area contributed by atoms with Crippen molar-refractivity contribution < 1.29 is 19.1 Å². The number of nitrogens with one attached hydrogen (secondary N) is 2. The number of hydrogen-bond acceptors (Lipinski definition) is 7. The monoisotopic (exact) mass is 415 g/mol. The molecule has 3 rings (SSSR count). The van der Waals surface area contributed by atoms with Crippen molar-refractivity contribution in [2.24, 2.45) is 0 Å². The van der Waals surface area contributed by atoms with Gasteiger partial charge in [-0.15, -0.1) is 11.3 Å². The van der Waals surface area contributed by atoms with E-state index in [9.17, 15) is 14.4 Å². The molecular weight excluding hydrogens is 394 g/mol. The lowest BCUT2D eigenvalue weighted by Gasteiger charge is -2.10. The summed E-state index contributed by atoms with van der Waals surface area (Å²) in [6.07, 6.45) is 0. The smallest absolute Gasteiger partial charge is 0.325 e. The van der Waals surface area contributed by atoms with Crippen LogP contribution in [0.25, 0.3) is 10.2 Å². The molecular formula is C20H21N3O5S. The average molecular weight is 415 g/mol. The maximum Gasteiger partial charge on any atom is 0.325 e. The van der Waals surface area contributed by atoms with E-state index in [4.69, 9.17) is 9.47 Å². The number of amides is 1. The number of carbonyl (C=O) groups is 2. The average Bonchev–Trinajstić information content (AvgIpc) is 2.99. The molecule has 1 aromatic carbocycles. The number of nitrogens with zero attached hydrogens (tertiary/aromatic N) is 1. The molecule has 0 radical (unpaired) electrons. The van der Waals surface area contributed by atoms with Crippen LogP contribution in [-0.4, -0.2) is 35.0 Å². The molecule has 152 valence electrons. The molecule has 9 heteroatoms. The molecule has 0 aliphatic heterocycles. The summed E-state index contributed by atoms with van der Waals surface area (Å²) in [5.41, 5.74) is 0.975. The number of H-pyrrole nitrogens is 1. The Morgan fingerprint density at radius 2 is 2.00 bits per heavy atom. The van der Waals surface area contributed by atoms with Gasteiger partial charge in [-0.1, -0.05) is 12.1 Å². The van der Waals surface area contributed by atoms with Crippen molar-refractivity contribution in [3.8, 4) is 5.75 Å². The molecule has 2 N–H and O–H groups in total. The fourth-order valence-electron chi connectivity index (χ4n) is 2.75. The van der Waals surface area contributed by atoms with Crippen LogP contribution in [0.5, 0.6) is 5.75 Å². The third-order valence-electron chi connectivity index (χ3n) is 4.28. The van der Waals surface area contributed by atoms with Crippen LogP contribution >= 0.6 is 11.3 Å². The zero-order chi connectivity index (χ0) is 21.0. The van der Waals surface area contributed by atoms with Gasteiger partial charge in [0.05, 0.1) is 17.6 Å². The lowest BCUT2D eigenvalue weighted by molar-refractivity contribution is -0.143. The minimum absolute atomic E-state index is 0.189. The number of benzene rings is 1. The number of esters is 1. The first-order chi connectivity index (χ1) is 13.9. The highest BCUT2D eigenvalue weighted by molar-refractivity contribution is 7.18. The van der Waals surface area contributed by atoms with Gasteiger partial charge in [0.1, 0.15) is 29.6 Å². The van der Waals surface area contributed by atoms with E-state index in [2.05, 4.69) is 15.3 Å². The summed E-state index contributed by atoms with van der Waals surface area (Å²) >= 11 is 1.42. The normalized spacial score (nSPS) is 10.7. The standard InChI is InChI=1S/C20H21N3O5S/c1-4-27-14-8-6-5-7-13(14)18(25)21-9-16(24)28-10-15-22-19(26)17-11(2)12(3)29-20(17)23-15/h5-8H,4,9-10H2,1-3H3,(H,21,25)(H,22,23,26). The Morgan fingerprint density at radius 1 is 1.24 bits per heavy atom. The van der Waals surface area contributed by atoms with Crippen LogP contribution in [0.2, 0.25) is 0 Å². The predicted octanol–water partition coefficient (Wildman–Crippen LogP) is 2.47. The second kappa shape index (κ2) is 8.87. The van der Waals surface area contributed by atoms with Gasteiger partial charge in [-0.2, -0.15) is 0 Å². The summed E-state index contributed by atoms with van der Waals surface area (Å²) in [7, 11) is 0. The molecule has 2 aromatic heterocycles. The van der Waals surface area contributed by atoms with E-state index in [1.807, 2.05) is 20.8 Å². The summed E-state index contributed by atoms with van der Waals surface area (Å²) in [6.45, 7) is 5.53. The summed E-state index contributed by atoms with van der Waals surface area (Å²) in [5.74, 6) is -0.389. The van der Waals surface area contributed by atoms with Crippen molar-refractivity contribution >= 4 is 33.4 Å². The summed E-state index contributed by atoms with van der Waals surface area (Å²) in [6, 6.07) is 6.77. The Hall–Kier alpha value is -3.20. The quantitative estimate of drug-likeness (QED) is 0.574. The summed E-state index contributed by atoms with van der Waals surface area (Å²) in [4.78, 5) is 45.1.